The number of nitrogens with zero attached hydrogens (tertiary/aromatic N) is 2. The minimum atomic E-state index is -0.958. The number of carboxylic acids is 1. The zero-order chi connectivity index (χ0) is 13.3. The molecule has 98 valence electrons. The molecule has 2 unspecified atom stereocenters. The molecule has 0 aliphatic carbocycles. The van der Waals surface area contributed by atoms with E-state index in [9.17, 15) is 9.59 Å². The van der Waals surface area contributed by atoms with Crippen molar-refractivity contribution in [1.29, 1.82) is 0 Å². The lowest BCUT2D eigenvalue weighted by Gasteiger charge is -2.15. The van der Waals surface area contributed by atoms with Crippen LogP contribution in [0.4, 0.5) is 0 Å². The van der Waals surface area contributed by atoms with Crippen molar-refractivity contribution >= 4 is 11.9 Å². The van der Waals surface area contributed by atoms with E-state index < -0.39 is 17.9 Å². The van der Waals surface area contributed by atoms with Gasteiger partial charge in [-0.05, 0) is 6.92 Å². The van der Waals surface area contributed by atoms with E-state index in [0.29, 0.717) is 11.3 Å². The molecule has 0 spiro atoms. The van der Waals surface area contributed by atoms with Crippen LogP contribution in [0.5, 0.6) is 0 Å². The first-order valence-electron chi connectivity index (χ1n) is 5.60. The highest BCUT2D eigenvalue weighted by Gasteiger charge is 2.35. The highest BCUT2D eigenvalue weighted by Crippen LogP contribution is 2.15. The van der Waals surface area contributed by atoms with Gasteiger partial charge in [-0.15, -0.1) is 0 Å². The summed E-state index contributed by atoms with van der Waals surface area (Å²) < 4.78 is 6.63. The SMILES string of the molecule is Cc1nn(C)cc1C(=O)NC1COCC1C(=O)O. The number of carbonyl (C=O) groups excluding carboxylic acids is 1. The van der Waals surface area contributed by atoms with Gasteiger partial charge in [-0.3, -0.25) is 14.3 Å². The lowest BCUT2D eigenvalue weighted by molar-refractivity contribution is -0.142. The van der Waals surface area contributed by atoms with Crippen molar-refractivity contribution in [2.45, 2.75) is 13.0 Å². The fraction of sp³-hybridized carbons (Fsp3) is 0.545. The summed E-state index contributed by atoms with van der Waals surface area (Å²) in [7, 11) is 1.72. The Kier molecular flexibility index (Phi) is 3.33. The summed E-state index contributed by atoms with van der Waals surface area (Å²) in [5.41, 5.74) is 1.06. The van der Waals surface area contributed by atoms with Crippen LogP contribution in [-0.4, -0.2) is 46.0 Å². The van der Waals surface area contributed by atoms with E-state index in [4.69, 9.17) is 9.84 Å². The Labute approximate surface area is 104 Å². The fourth-order valence-electron chi connectivity index (χ4n) is 2.01. The molecule has 7 heteroatoms. The second-order valence-corrected chi connectivity index (χ2v) is 4.36. The standard InChI is InChI=1S/C11H15N3O4/c1-6-7(3-14(2)13-6)10(15)12-9-5-18-4-8(9)11(16)17/h3,8-9H,4-5H2,1-2H3,(H,12,15)(H,16,17). The van der Waals surface area contributed by atoms with Crippen molar-refractivity contribution in [3.8, 4) is 0 Å². The highest BCUT2D eigenvalue weighted by atomic mass is 16.5. The van der Waals surface area contributed by atoms with E-state index in [2.05, 4.69) is 10.4 Å². The van der Waals surface area contributed by atoms with Crippen LogP contribution in [0.3, 0.4) is 0 Å². The predicted octanol–water partition coefficient (Wildman–Crippen LogP) is -0.442. The first-order chi connectivity index (χ1) is 8.49. The number of carbonyl (C=O) groups is 2. The zero-order valence-electron chi connectivity index (χ0n) is 10.2. The van der Waals surface area contributed by atoms with Crippen LogP contribution in [0.1, 0.15) is 16.1 Å². The van der Waals surface area contributed by atoms with Crippen molar-refractivity contribution in [2.75, 3.05) is 13.2 Å². The Morgan fingerprint density at radius 3 is 2.83 bits per heavy atom. The third-order valence-corrected chi connectivity index (χ3v) is 2.97. The normalized spacial score (nSPS) is 23.0. The molecule has 1 aromatic rings. The van der Waals surface area contributed by atoms with E-state index >= 15 is 0 Å². The monoisotopic (exact) mass is 253 g/mol. The van der Waals surface area contributed by atoms with Gasteiger partial charge in [0, 0.05) is 13.2 Å². The van der Waals surface area contributed by atoms with E-state index in [1.165, 1.54) is 0 Å². The van der Waals surface area contributed by atoms with Gasteiger partial charge in [-0.25, -0.2) is 0 Å². The third kappa shape index (κ3) is 2.35. The topological polar surface area (TPSA) is 93.5 Å². The number of amides is 1. The first kappa shape index (κ1) is 12.6. The molecule has 18 heavy (non-hydrogen) atoms. The smallest absolute Gasteiger partial charge is 0.311 e. The Morgan fingerprint density at radius 1 is 1.56 bits per heavy atom. The molecule has 7 nitrogen and oxygen atoms in total. The molecule has 2 atom stereocenters. The van der Waals surface area contributed by atoms with Crippen LogP contribution in [0, 0.1) is 12.8 Å². The maximum Gasteiger partial charge on any atom is 0.311 e. The molecule has 2 heterocycles. The van der Waals surface area contributed by atoms with Crippen molar-refractivity contribution in [3.05, 3.63) is 17.5 Å². The quantitative estimate of drug-likeness (QED) is 0.761. The summed E-state index contributed by atoms with van der Waals surface area (Å²) in [5.74, 6) is -1.96. The Hall–Kier alpha value is -1.89. The van der Waals surface area contributed by atoms with Gasteiger partial charge >= 0.3 is 5.97 Å². The van der Waals surface area contributed by atoms with Gasteiger partial charge in [-0.1, -0.05) is 0 Å². The van der Waals surface area contributed by atoms with E-state index in [1.807, 2.05) is 0 Å². The Bertz CT molecular complexity index is 483. The highest BCUT2D eigenvalue weighted by molar-refractivity contribution is 5.95. The molecule has 2 N–H and O–H groups in total. The summed E-state index contributed by atoms with van der Waals surface area (Å²) >= 11 is 0. The van der Waals surface area contributed by atoms with Crippen molar-refractivity contribution in [2.24, 2.45) is 13.0 Å². The van der Waals surface area contributed by atoms with Gasteiger partial charge in [0.2, 0.25) is 0 Å². The fourth-order valence-corrected chi connectivity index (χ4v) is 2.01. The zero-order valence-corrected chi connectivity index (χ0v) is 10.2. The summed E-state index contributed by atoms with van der Waals surface area (Å²) in [6.45, 7) is 2.09. The van der Waals surface area contributed by atoms with Gasteiger partial charge in [-0.2, -0.15) is 5.10 Å². The van der Waals surface area contributed by atoms with Crippen LogP contribution in [0.15, 0.2) is 6.20 Å². The lowest BCUT2D eigenvalue weighted by atomic mass is 10.0. The van der Waals surface area contributed by atoms with Crippen LogP contribution < -0.4 is 5.32 Å². The molecule has 1 aliphatic heterocycles. The summed E-state index contributed by atoms with van der Waals surface area (Å²) in [6.07, 6.45) is 1.61. The van der Waals surface area contributed by atoms with E-state index in [1.54, 1.807) is 24.9 Å². The number of ether oxygens (including phenoxy) is 1. The molecule has 0 bridgehead atoms. The second kappa shape index (κ2) is 4.77. The van der Waals surface area contributed by atoms with E-state index in [0.717, 1.165) is 0 Å². The third-order valence-electron chi connectivity index (χ3n) is 2.97. The number of aryl methyl sites for hydroxylation is 2. The molecule has 0 radical (unpaired) electrons. The minimum absolute atomic E-state index is 0.131. The average molecular weight is 253 g/mol. The molecular formula is C11H15N3O4. The Morgan fingerprint density at radius 2 is 2.28 bits per heavy atom. The van der Waals surface area contributed by atoms with Crippen LogP contribution in [0.2, 0.25) is 0 Å². The van der Waals surface area contributed by atoms with Gasteiger partial charge in [0.05, 0.1) is 30.5 Å². The van der Waals surface area contributed by atoms with Crippen LogP contribution >= 0.6 is 0 Å². The number of nitrogens with one attached hydrogen (secondary N) is 1. The van der Waals surface area contributed by atoms with E-state index in [-0.39, 0.29) is 19.1 Å². The maximum atomic E-state index is 12.0. The molecule has 1 saturated heterocycles. The molecule has 1 amide bonds. The second-order valence-electron chi connectivity index (χ2n) is 4.36. The van der Waals surface area contributed by atoms with Gasteiger partial charge in [0.15, 0.2) is 0 Å². The average Bonchev–Trinajstić information content (AvgIpc) is 2.85. The minimum Gasteiger partial charge on any atom is -0.481 e. The summed E-state index contributed by atoms with van der Waals surface area (Å²) in [6, 6.07) is -0.491. The number of aromatic nitrogens is 2. The van der Waals surface area contributed by atoms with Crippen molar-refractivity contribution in [3.63, 3.8) is 0 Å². The first-order valence-corrected chi connectivity index (χ1v) is 5.60. The van der Waals surface area contributed by atoms with Crippen molar-refractivity contribution in [1.82, 2.24) is 15.1 Å². The lowest BCUT2D eigenvalue weighted by Crippen LogP contribution is -2.42. The molecule has 1 aliphatic rings. The van der Waals surface area contributed by atoms with Crippen LogP contribution in [-0.2, 0) is 16.6 Å². The maximum absolute atomic E-state index is 12.0. The van der Waals surface area contributed by atoms with Gasteiger partial charge < -0.3 is 15.2 Å². The molecule has 1 fully saturated rings. The predicted molar refractivity (Wildman–Crippen MR) is 61.1 cm³/mol. The molecule has 0 saturated carbocycles. The Balaban J connectivity index is 2.07. The van der Waals surface area contributed by atoms with Crippen molar-refractivity contribution < 1.29 is 19.4 Å². The number of carboxylic acid groups (broad SMARTS) is 1. The summed E-state index contributed by atoms with van der Waals surface area (Å²) in [4.78, 5) is 22.9. The largest absolute Gasteiger partial charge is 0.481 e. The molecular weight excluding hydrogens is 238 g/mol. The summed E-state index contributed by atoms with van der Waals surface area (Å²) in [5, 5.41) is 15.7. The number of rotatable bonds is 3. The molecule has 2 rings (SSSR count). The van der Waals surface area contributed by atoms with Gasteiger partial charge in [0.25, 0.3) is 5.91 Å². The number of hydrogen-bond acceptors (Lipinski definition) is 4. The van der Waals surface area contributed by atoms with Gasteiger partial charge in [0.1, 0.15) is 5.92 Å². The molecule has 1 aromatic heterocycles. The molecule has 0 aromatic carbocycles. The number of aliphatic carboxylic acids is 1. The van der Waals surface area contributed by atoms with Crippen LogP contribution in [0.25, 0.3) is 0 Å². The number of hydrogen-bond donors (Lipinski definition) is 2.